The summed E-state index contributed by atoms with van der Waals surface area (Å²) in [6, 6.07) is 6.45. The first-order chi connectivity index (χ1) is 8.97. The van der Waals surface area contributed by atoms with E-state index in [0.29, 0.717) is 0 Å². The summed E-state index contributed by atoms with van der Waals surface area (Å²) in [5.41, 5.74) is 12.7. The van der Waals surface area contributed by atoms with Gasteiger partial charge in [-0.15, -0.1) is 0 Å². The Morgan fingerprint density at radius 2 is 1.74 bits per heavy atom. The Morgan fingerprint density at radius 1 is 1.11 bits per heavy atom. The number of pyridine rings is 1. The highest BCUT2D eigenvalue weighted by Crippen LogP contribution is 2.23. The number of nitrogens with zero attached hydrogens (tertiary/aromatic N) is 1. The molecule has 0 aliphatic heterocycles. The van der Waals surface area contributed by atoms with Gasteiger partial charge in [-0.25, -0.2) is 0 Å². The summed E-state index contributed by atoms with van der Waals surface area (Å²) in [5.74, 6) is 0. The van der Waals surface area contributed by atoms with Gasteiger partial charge in [-0.05, 0) is 71.4 Å². The van der Waals surface area contributed by atoms with Gasteiger partial charge in [-0.3, -0.25) is 4.98 Å². The zero-order valence-corrected chi connectivity index (χ0v) is 13.2. The number of rotatable bonds is 3. The zero-order chi connectivity index (χ0) is 14.0. The van der Waals surface area contributed by atoms with Crippen molar-refractivity contribution in [3.8, 4) is 0 Å². The second-order valence-electron chi connectivity index (χ2n) is 5.12. The molecule has 0 saturated carbocycles. The number of hydrogen-bond acceptors (Lipinski definition) is 2. The maximum atomic E-state index is 6.31. The minimum atomic E-state index is -0.0230. The lowest BCUT2D eigenvalue weighted by Gasteiger charge is -2.16. The van der Waals surface area contributed by atoms with Gasteiger partial charge in [0.05, 0.1) is 0 Å². The summed E-state index contributed by atoms with van der Waals surface area (Å²) in [4.78, 5) is 4.18. The van der Waals surface area contributed by atoms with Gasteiger partial charge in [0, 0.05) is 22.9 Å². The Labute approximate surface area is 123 Å². The first-order valence-corrected chi connectivity index (χ1v) is 7.19. The van der Waals surface area contributed by atoms with Crippen LogP contribution >= 0.6 is 15.9 Å². The minimum Gasteiger partial charge on any atom is -0.324 e. The molecule has 2 N–H and O–H groups in total. The first kappa shape index (κ1) is 14.2. The predicted octanol–water partition coefficient (Wildman–Crippen LogP) is 4.01. The molecule has 3 heteroatoms. The Morgan fingerprint density at radius 3 is 2.32 bits per heavy atom. The third kappa shape index (κ3) is 3.43. The van der Waals surface area contributed by atoms with Gasteiger partial charge in [-0.1, -0.05) is 17.7 Å². The van der Waals surface area contributed by atoms with Crippen molar-refractivity contribution in [1.82, 2.24) is 4.98 Å². The van der Waals surface area contributed by atoms with Gasteiger partial charge in [0.1, 0.15) is 0 Å². The fourth-order valence-electron chi connectivity index (χ4n) is 2.50. The van der Waals surface area contributed by atoms with E-state index in [4.69, 9.17) is 5.73 Å². The highest BCUT2D eigenvalue weighted by molar-refractivity contribution is 9.10. The molecule has 19 heavy (non-hydrogen) atoms. The van der Waals surface area contributed by atoms with Crippen molar-refractivity contribution in [1.29, 1.82) is 0 Å². The van der Waals surface area contributed by atoms with Crippen LogP contribution in [0.25, 0.3) is 0 Å². The molecule has 2 aromatic rings. The highest BCUT2D eigenvalue weighted by atomic mass is 79.9. The minimum absolute atomic E-state index is 0.0230. The molecule has 1 aromatic carbocycles. The largest absolute Gasteiger partial charge is 0.324 e. The fraction of sp³-hybridized carbons (Fsp3) is 0.312. The molecular formula is C16H19BrN2. The average Bonchev–Trinajstić information content (AvgIpc) is 2.33. The van der Waals surface area contributed by atoms with E-state index in [1.54, 1.807) is 6.20 Å². The summed E-state index contributed by atoms with van der Waals surface area (Å²) < 4.78 is 0.970. The molecule has 0 bridgehead atoms. The number of hydrogen-bond donors (Lipinski definition) is 1. The Balaban J connectivity index is 2.26. The Hall–Kier alpha value is -1.19. The molecule has 0 fully saturated rings. The Kier molecular flexibility index (Phi) is 4.38. The maximum Gasteiger partial charge on any atom is 0.0410 e. The summed E-state index contributed by atoms with van der Waals surface area (Å²) in [6.07, 6.45) is 4.46. The second kappa shape index (κ2) is 5.85. The average molecular weight is 319 g/mol. The van der Waals surface area contributed by atoms with Gasteiger partial charge in [0.25, 0.3) is 0 Å². The van der Waals surface area contributed by atoms with Crippen LogP contribution in [0.15, 0.2) is 35.1 Å². The van der Waals surface area contributed by atoms with E-state index >= 15 is 0 Å². The predicted molar refractivity (Wildman–Crippen MR) is 83.2 cm³/mol. The third-order valence-corrected chi connectivity index (χ3v) is 3.85. The lowest BCUT2D eigenvalue weighted by atomic mass is 9.92. The highest BCUT2D eigenvalue weighted by Gasteiger charge is 2.12. The van der Waals surface area contributed by atoms with Crippen LogP contribution < -0.4 is 5.73 Å². The zero-order valence-electron chi connectivity index (χ0n) is 11.6. The standard InChI is InChI=1S/C16H19BrN2/c1-10-4-11(2)15(12(3)5-10)7-16(18)13-6-14(17)9-19-8-13/h4-6,8-9,16H,7,18H2,1-3H3. The molecule has 0 radical (unpaired) electrons. The van der Waals surface area contributed by atoms with Crippen LogP contribution in [0.2, 0.25) is 0 Å². The number of aromatic nitrogens is 1. The quantitative estimate of drug-likeness (QED) is 0.928. The molecule has 1 unspecified atom stereocenters. The third-order valence-electron chi connectivity index (χ3n) is 3.42. The molecule has 0 amide bonds. The van der Waals surface area contributed by atoms with Crippen molar-refractivity contribution >= 4 is 15.9 Å². The van der Waals surface area contributed by atoms with Gasteiger partial charge in [0.2, 0.25) is 0 Å². The topological polar surface area (TPSA) is 38.9 Å². The van der Waals surface area contributed by atoms with Crippen LogP contribution in [0.3, 0.4) is 0 Å². The maximum absolute atomic E-state index is 6.31. The van der Waals surface area contributed by atoms with Gasteiger partial charge >= 0.3 is 0 Å². The normalized spacial score (nSPS) is 12.5. The summed E-state index contributed by atoms with van der Waals surface area (Å²) >= 11 is 3.44. The van der Waals surface area contributed by atoms with Crippen LogP contribution in [-0.2, 0) is 6.42 Å². The molecule has 1 heterocycles. The molecule has 0 aliphatic carbocycles. The van der Waals surface area contributed by atoms with E-state index in [9.17, 15) is 0 Å². The number of nitrogens with two attached hydrogens (primary N) is 1. The van der Waals surface area contributed by atoms with Crippen molar-refractivity contribution in [2.45, 2.75) is 33.2 Å². The van der Waals surface area contributed by atoms with E-state index in [1.165, 1.54) is 22.3 Å². The van der Waals surface area contributed by atoms with Crippen molar-refractivity contribution < 1.29 is 0 Å². The molecule has 100 valence electrons. The summed E-state index contributed by atoms with van der Waals surface area (Å²) in [7, 11) is 0. The van der Waals surface area contributed by atoms with E-state index in [1.807, 2.05) is 12.3 Å². The summed E-state index contributed by atoms with van der Waals surface area (Å²) in [6.45, 7) is 6.43. The molecule has 2 rings (SSSR count). The van der Waals surface area contributed by atoms with E-state index in [-0.39, 0.29) is 6.04 Å². The smallest absolute Gasteiger partial charge is 0.0410 e. The molecular weight excluding hydrogens is 300 g/mol. The van der Waals surface area contributed by atoms with Gasteiger partial charge in [-0.2, -0.15) is 0 Å². The van der Waals surface area contributed by atoms with E-state index in [0.717, 1.165) is 16.5 Å². The fourth-order valence-corrected chi connectivity index (χ4v) is 2.88. The lowest BCUT2D eigenvalue weighted by molar-refractivity contribution is 0.711. The number of halogens is 1. The van der Waals surface area contributed by atoms with Gasteiger partial charge in [0.15, 0.2) is 0 Å². The first-order valence-electron chi connectivity index (χ1n) is 6.40. The van der Waals surface area contributed by atoms with Crippen LogP contribution in [0.4, 0.5) is 0 Å². The van der Waals surface area contributed by atoms with Crippen LogP contribution in [-0.4, -0.2) is 4.98 Å². The second-order valence-corrected chi connectivity index (χ2v) is 6.04. The van der Waals surface area contributed by atoms with Crippen molar-refractivity contribution in [2.75, 3.05) is 0 Å². The van der Waals surface area contributed by atoms with Crippen LogP contribution in [0, 0.1) is 20.8 Å². The van der Waals surface area contributed by atoms with Crippen molar-refractivity contribution in [3.63, 3.8) is 0 Å². The van der Waals surface area contributed by atoms with E-state index in [2.05, 4.69) is 53.8 Å². The monoisotopic (exact) mass is 318 g/mol. The molecule has 2 nitrogen and oxygen atoms in total. The Bertz CT molecular complexity index is 570. The van der Waals surface area contributed by atoms with Crippen molar-refractivity contribution in [2.24, 2.45) is 5.73 Å². The molecule has 0 spiro atoms. The molecule has 1 aromatic heterocycles. The van der Waals surface area contributed by atoms with Crippen LogP contribution in [0.1, 0.15) is 33.9 Å². The summed E-state index contributed by atoms with van der Waals surface area (Å²) in [5, 5.41) is 0. The molecule has 1 atom stereocenters. The number of aryl methyl sites for hydroxylation is 3. The number of benzene rings is 1. The lowest BCUT2D eigenvalue weighted by Crippen LogP contribution is -2.15. The molecule has 0 aliphatic rings. The van der Waals surface area contributed by atoms with Crippen LogP contribution in [0.5, 0.6) is 0 Å². The van der Waals surface area contributed by atoms with E-state index < -0.39 is 0 Å². The van der Waals surface area contributed by atoms with Gasteiger partial charge < -0.3 is 5.73 Å². The SMILES string of the molecule is Cc1cc(C)c(CC(N)c2cncc(Br)c2)c(C)c1. The van der Waals surface area contributed by atoms with Crippen molar-refractivity contribution in [3.05, 3.63) is 62.9 Å². The molecule has 0 saturated heterocycles.